The number of rotatable bonds is 5. The summed E-state index contributed by atoms with van der Waals surface area (Å²) in [5.74, 6) is 0.728. The summed E-state index contributed by atoms with van der Waals surface area (Å²) < 4.78 is 16.9. The van der Waals surface area contributed by atoms with E-state index in [9.17, 15) is 4.79 Å². The third kappa shape index (κ3) is 3.51. The summed E-state index contributed by atoms with van der Waals surface area (Å²) in [4.78, 5) is 12.4. The highest BCUT2D eigenvalue weighted by Gasteiger charge is 2.41. The van der Waals surface area contributed by atoms with E-state index in [1.807, 2.05) is 78.9 Å². The van der Waals surface area contributed by atoms with Crippen molar-refractivity contribution in [2.75, 3.05) is 7.11 Å². The van der Waals surface area contributed by atoms with Crippen LogP contribution in [0.25, 0.3) is 0 Å². The largest absolute Gasteiger partial charge is 0.489 e. The maximum atomic E-state index is 12.4. The van der Waals surface area contributed by atoms with Gasteiger partial charge in [-0.15, -0.1) is 0 Å². The summed E-state index contributed by atoms with van der Waals surface area (Å²) in [6.07, 6.45) is -0.405. The van der Waals surface area contributed by atoms with Gasteiger partial charge in [0.1, 0.15) is 30.1 Å². The molecule has 0 aromatic heterocycles. The van der Waals surface area contributed by atoms with Crippen molar-refractivity contribution in [2.45, 2.75) is 18.6 Å². The van der Waals surface area contributed by atoms with Gasteiger partial charge in [-0.25, -0.2) is 0 Å². The summed E-state index contributed by atoms with van der Waals surface area (Å²) >= 11 is 0. The molecule has 0 N–H and O–H groups in total. The lowest BCUT2D eigenvalue weighted by Crippen LogP contribution is -2.20. The van der Waals surface area contributed by atoms with Crippen molar-refractivity contribution in [1.29, 1.82) is 0 Å². The SMILES string of the molecule is COC(=O)[C@@H]1c2ccccc2O[C@@H]1c1ccc(OCc2ccccc2)cc1. The van der Waals surface area contributed by atoms with Crippen molar-refractivity contribution < 1.29 is 19.0 Å². The summed E-state index contributed by atoms with van der Waals surface area (Å²) in [5.41, 5.74) is 2.88. The molecule has 2 atom stereocenters. The lowest BCUT2D eigenvalue weighted by atomic mass is 9.91. The topological polar surface area (TPSA) is 44.8 Å². The fourth-order valence-electron chi connectivity index (χ4n) is 3.35. The summed E-state index contributed by atoms with van der Waals surface area (Å²) in [6.45, 7) is 0.510. The van der Waals surface area contributed by atoms with E-state index in [1.54, 1.807) is 0 Å². The van der Waals surface area contributed by atoms with Crippen LogP contribution in [0.2, 0.25) is 0 Å². The first-order valence-electron chi connectivity index (χ1n) is 8.86. The summed E-state index contributed by atoms with van der Waals surface area (Å²) in [7, 11) is 1.40. The van der Waals surface area contributed by atoms with Gasteiger partial charge in [0.15, 0.2) is 0 Å². The Kier molecular flexibility index (Phi) is 4.79. The standard InChI is InChI=1S/C23H20O4/c1-25-23(24)21-19-9-5-6-10-20(19)27-22(21)17-11-13-18(14-12-17)26-15-16-7-3-2-4-8-16/h2-14,21-22H,15H2,1H3/t21-,22-/m1/s1. The lowest BCUT2D eigenvalue weighted by molar-refractivity contribution is -0.144. The molecular formula is C23H20O4. The highest BCUT2D eigenvalue weighted by atomic mass is 16.5. The molecule has 0 fully saturated rings. The van der Waals surface area contributed by atoms with E-state index in [0.29, 0.717) is 6.61 Å². The molecule has 1 heterocycles. The minimum atomic E-state index is -0.470. The van der Waals surface area contributed by atoms with Crippen LogP contribution in [-0.2, 0) is 16.1 Å². The van der Waals surface area contributed by atoms with Crippen LogP contribution in [0.3, 0.4) is 0 Å². The van der Waals surface area contributed by atoms with Gasteiger partial charge in [-0.05, 0) is 29.3 Å². The molecular weight excluding hydrogens is 340 g/mol. The van der Waals surface area contributed by atoms with Gasteiger partial charge >= 0.3 is 5.97 Å². The monoisotopic (exact) mass is 360 g/mol. The Bertz CT molecular complexity index is 919. The number of hydrogen-bond donors (Lipinski definition) is 0. The minimum Gasteiger partial charge on any atom is -0.489 e. The molecule has 1 aliphatic rings. The first-order valence-corrected chi connectivity index (χ1v) is 8.86. The Balaban J connectivity index is 1.52. The number of ether oxygens (including phenoxy) is 3. The van der Waals surface area contributed by atoms with Gasteiger partial charge in [0.05, 0.1) is 7.11 Å². The molecule has 4 nitrogen and oxygen atoms in total. The zero-order chi connectivity index (χ0) is 18.6. The quantitative estimate of drug-likeness (QED) is 0.621. The third-order valence-electron chi connectivity index (χ3n) is 4.72. The van der Waals surface area contributed by atoms with E-state index in [1.165, 1.54) is 7.11 Å². The van der Waals surface area contributed by atoms with Gasteiger partial charge in [0.25, 0.3) is 0 Å². The molecule has 3 aromatic carbocycles. The van der Waals surface area contributed by atoms with Crippen LogP contribution in [0, 0.1) is 0 Å². The lowest BCUT2D eigenvalue weighted by Gasteiger charge is -2.18. The second-order valence-electron chi connectivity index (χ2n) is 6.42. The average Bonchev–Trinajstić information content (AvgIpc) is 3.12. The van der Waals surface area contributed by atoms with Gasteiger partial charge in [-0.2, -0.15) is 0 Å². The number of para-hydroxylation sites is 1. The zero-order valence-corrected chi connectivity index (χ0v) is 15.0. The smallest absolute Gasteiger partial charge is 0.317 e. The fourth-order valence-corrected chi connectivity index (χ4v) is 3.35. The molecule has 0 unspecified atom stereocenters. The highest BCUT2D eigenvalue weighted by molar-refractivity contribution is 5.81. The number of carbonyl (C=O) groups excluding carboxylic acids is 1. The van der Waals surface area contributed by atoms with Crippen LogP contribution in [0.5, 0.6) is 11.5 Å². The average molecular weight is 360 g/mol. The molecule has 0 aliphatic carbocycles. The molecule has 0 amide bonds. The molecule has 1 aliphatic heterocycles. The Hall–Kier alpha value is -3.27. The van der Waals surface area contributed by atoms with Crippen LogP contribution in [0.1, 0.15) is 28.7 Å². The highest BCUT2D eigenvalue weighted by Crippen LogP contribution is 2.46. The van der Waals surface area contributed by atoms with Crippen molar-refractivity contribution in [3.63, 3.8) is 0 Å². The van der Waals surface area contributed by atoms with E-state index in [2.05, 4.69) is 0 Å². The molecule has 27 heavy (non-hydrogen) atoms. The van der Waals surface area contributed by atoms with E-state index in [0.717, 1.165) is 28.2 Å². The Labute approximate surface area is 158 Å². The van der Waals surface area contributed by atoms with Gasteiger partial charge in [0.2, 0.25) is 0 Å². The number of esters is 1. The molecule has 3 aromatic rings. The van der Waals surface area contributed by atoms with Crippen molar-refractivity contribution in [3.05, 3.63) is 95.6 Å². The number of benzene rings is 3. The maximum Gasteiger partial charge on any atom is 0.317 e. The van der Waals surface area contributed by atoms with Gasteiger partial charge < -0.3 is 14.2 Å². The van der Waals surface area contributed by atoms with Crippen molar-refractivity contribution in [2.24, 2.45) is 0 Å². The summed E-state index contributed by atoms with van der Waals surface area (Å²) in [5, 5.41) is 0. The van der Waals surface area contributed by atoms with Crippen molar-refractivity contribution in [1.82, 2.24) is 0 Å². The fraction of sp³-hybridized carbons (Fsp3) is 0.174. The first kappa shape index (κ1) is 17.2. The van der Waals surface area contributed by atoms with Crippen LogP contribution in [-0.4, -0.2) is 13.1 Å². The second-order valence-corrected chi connectivity index (χ2v) is 6.42. The zero-order valence-electron chi connectivity index (χ0n) is 15.0. The van der Waals surface area contributed by atoms with E-state index >= 15 is 0 Å². The van der Waals surface area contributed by atoms with Crippen molar-refractivity contribution in [3.8, 4) is 11.5 Å². The number of methoxy groups -OCH3 is 1. The van der Waals surface area contributed by atoms with Crippen LogP contribution in [0.15, 0.2) is 78.9 Å². The second kappa shape index (κ2) is 7.54. The normalized spacial score (nSPS) is 17.7. The van der Waals surface area contributed by atoms with Gasteiger partial charge in [-0.3, -0.25) is 4.79 Å². The first-order chi connectivity index (χ1) is 13.3. The Morgan fingerprint density at radius 2 is 1.63 bits per heavy atom. The van der Waals surface area contributed by atoms with E-state index in [4.69, 9.17) is 14.2 Å². The Morgan fingerprint density at radius 1 is 0.926 bits per heavy atom. The van der Waals surface area contributed by atoms with Gasteiger partial charge in [0, 0.05) is 5.56 Å². The van der Waals surface area contributed by atoms with Gasteiger partial charge in [-0.1, -0.05) is 60.7 Å². The molecule has 4 rings (SSSR count). The molecule has 0 saturated heterocycles. The predicted octanol–water partition coefficient (Wildman–Crippen LogP) is 4.66. The van der Waals surface area contributed by atoms with Crippen molar-refractivity contribution >= 4 is 5.97 Å². The predicted molar refractivity (Wildman–Crippen MR) is 102 cm³/mol. The van der Waals surface area contributed by atoms with E-state index < -0.39 is 12.0 Å². The number of carbonyl (C=O) groups is 1. The number of hydrogen-bond acceptors (Lipinski definition) is 4. The number of fused-ring (bicyclic) bond motifs is 1. The molecule has 0 saturated carbocycles. The molecule has 4 heteroatoms. The summed E-state index contributed by atoms with van der Waals surface area (Å²) in [6, 6.07) is 25.3. The minimum absolute atomic E-state index is 0.297. The Morgan fingerprint density at radius 3 is 2.37 bits per heavy atom. The third-order valence-corrected chi connectivity index (χ3v) is 4.72. The molecule has 136 valence electrons. The van der Waals surface area contributed by atoms with Crippen LogP contribution < -0.4 is 9.47 Å². The molecule has 0 radical (unpaired) electrons. The maximum absolute atomic E-state index is 12.4. The molecule has 0 bridgehead atoms. The van der Waals surface area contributed by atoms with Crippen LogP contribution >= 0.6 is 0 Å². The molecule has 0 spiro atoms. The van der Waals surface area contributed by atoms with Crippen LogP contribution in [0.4, 0.5) is 0 Å². The van der Waals surface area contributed by atoms with E-state index in [-0.39, 0.29) is 5.97 Å².